The Hall–Kier alpha value is -1.97. The highest BCUT2D eigenvalue weighted by Gasteiger charge is 2.22. The van der Waals surface area contributed by atoms with Crippen LogP contribution in [0, 0.1) is 0 Å². The molecule has 2 aromatic rings. The Balaban J connectivity index is 1.84. The number of ether oxygens (including phenoxy) is 1. The first-order valence-corrected chi connectivity index (χ1v) is 5.90. The van der Waals surface area contributed by atoms with Crippen LogP contribution in [0.15, 0.2) is 30.5 Å². The molecule has 2 N–H and O–H groups in total. The summed E-state index contributed by atoms with van der Waals surface area (Å²) >= 11 is 0. The number of aryl methyl sites for hydroxylation is 1. The van der Waals surface area contributed by atoms with Crippen LogP contribution in [-0.4, -0.2) is 16.5 Å². The van der Waals surface area contributed by atoms with Crippen molar-refractivity contribution in [2.75, 3.05) is 11.9 Å². The van der Waals surface area contributed by atoms with Gasteiger partial charge in [-0.25, -0.2) is 4.98 Å². The second-order valence-electron chi connectivity index (χ2n) is 4.13. The number of hydrogen-bond donors (Lipinski definition) is 2. The molecule has 0 spiro atoms. The molecule has 0 bridgehead atoms. The first-order valence-electron chi connectivity index (χ1n) is 5.90. The quantitative estimate of drug-likeness (QED) is 0.832. The maximum absolute atomic E-state index is 5.92. The van der Waals surface area contributed by atoms with Crippen molar-refractivity contribution in [1.82, 2.24) is 9.97 Å². The molecule has 2 heterocycles. The number of aromatic amines is 1. The zero-order valence-electron chi connectivity index (χ0n) is 9.73. The molecule has 1 aromatic heterocycles. The van der Waals surface area contributed by atoms with E-state index in [-0.39, 0.29) is 6.10 Å². The Morgan fingerprint density at radius 1 is 1.41 bits per heavy atom. The van der Waals surface area contributed by atoms with E-state index in [1.54, 1.807) is 0 Å². The molecule has 1 atom stereocenters. The molecule has 3 rings (SSSR count). The Morgan fingerprint density at radius 2 is 2.29 bits per heavy atom. The first kappa shape index (κ1) is 10.2. The fraction of sp³-hybridized carbons (Fsp3) is 0.308. The van der Waals surface area contributed by atoms with Crippen LogP contribution in [-0.2, 0) is 6.42 Å². The van der Waals surface area contributed by atoms with E-state index in [0.717, 1.165) is 35.9 Å². The van der Waals surface area contributed by atoms with Gasteiger partial charge in [-0.05, 0) is 18.6 Å². The van der Waals surface area contributed by atoms with Crippen LogP contribution in [0.3, 0.4) is 0 Å². The number of nitrogens with one attached hydrogen (secondary N) is 2. The van der Waals surface area contributed by atoms with Crippen LogP contribution >= 0.6 is 0 Å². The minimum Gasteiger partial charge on any atom is -0.478 e. The van der Waals surface area contributed by atoms with E-state index in [1.165, 1.54) is 0 Å². The van der Waals surface area contributed by atoms with Gasteiger partial charge in [-0.3, -0.25) is 0 Å². The lowest BCUT2D eigenvalue weighted by atomic mass is 10.2. The third-order valence-electron chi connectivity index (χ3n) is 2.97. The highest BCUT2D eigenvalue weighted by molar-refractivity contribution is 5.57. The molecule has 4 nitrogen and oxygen atoms in total. The predicted octanol–water partition coefficient (Wildman–Crippen LogP) is 2.52. The van der Waals surface area contributed by atoms with E-state index in [9.17, 15) is 0 Å². The van der Waals surface area contributed by atoms with Crippen LogP contribution in [0.4, 0.5) is 5.69 Å². The number of benzene rings is 1. The zero-order chi connectivity index (χ0) is 11.7. The number of anilines is 1. The van der Waals surface area contributed by atoms with E-state index in [1.807, 2.05) is 30.5 Å². The molecule has 1 aromatic carbocycles. The van der Waals surface area contributed by atoms with Gasteiger partial charge >= 0.3 is 0 Å². The van der Waals surface area contributed by atoms with Crippen molar-refractivity contribution in [2.24, 2.45) is 0 Å². The number of fused-ring (bicyclic) bond motifs is 1. The molecule has 17 heavy (non-hydrogen) atoms. The number of H-pyrrole nitrogens is 1. The molecule has 0 radical (unpaired) electrons. The lowest BCUT2D eigenvalue weighted by molar-refractivity contribution is 0.201. The predicted molar refractivity (Wildman–Crippen MR) is 66.3 cm³/mol. The first-order chi connectivity index (χ1) is 8.36. The molecule has 0 amide bonds. The smallest absolute Gasteiger partial charge is 0.173 e. The monoisotopic (exact) mass is 229 g/mol. The summed E-state index contributed by atoms with van der Waals surface area (Å²) in [5.74, 6) is 1.78. The molecular weight excluding hydrogens is 214 g/mol. The summed E-state index contributed by atoms with van der Waals surface area (Å²) in [5.41, 5.74) is 2.19. The van der Waals surface area contributed by atoms with Crippen molar-refractivity contribution in [2.45, 2.75) is 19.4 Å². The fourth-order valence-electron chi connectivity index (χ4n) is 1.99. The van der Waals surface area contributed by atoms with Gasteiger partial charge in [0.15, 0.2) is 6.10 Å². The average Bonchev–Trinajstić information content (AvgIpc) is 2.87. The Kier molecular flexibility index (Phi) is 2.48. The number of hydrogen-bond acceptors (Lipinski definition) is 3. The largest absolute Gasteiger partial charge is 0.478 e. The highest BCUT2D eigenvalue weighted by Crippen LogP contribution is 2.32. The molecule has 0 saturated heterocycles. The van der Waals surface area contributed by atoms with Crippen molar-refractivity contribution >= 4 is 5.69 Å². The van der Waals surface area contributed by atoms with E-state index < -0.39 is 0 Å². The molecule has 0 aliphatic carbocycles. The second-order valence-corrected chi connectivity index (χ2v) is 4.13. The molecule has 88 valence electrons. The molecule has 1 aliphatic rings. The van der Waals surface area contributed by atoms with Gasteiger partial charge in [-0.15, -0.1) is 0 Å². The Morgan fingerprint density at radius 3 is 3.12 bits per heavy atom. The van der Waals surface area contributed by atoms with Crippen LogP contribution in [0.2, 0.25) is 0 Å². The maximum atomic E-state index is 5.92. The van der Waals surface area contributed by atoms with E-state index in [2.05, 4.69) is 22.2 Å². The lowest BCUT2D eigenvalue weighted by Gasteiger charge is -2.25. The van der Waals surface area contributed by atoms with Crippen molar-refractivity contribution < 1.29 is 4.74 Å². The van der Waals surface area contributed by atoms with Crippen molar-refractivity contribution in [3.63, 3.8) is 0 Å². The average molecular weight is 229 g/mol. The van der Waals surface area contributed by atoms with Gasteiger partial charge < -0.3 is 15.0 Å². The summed E-state index contributed by atoms with van der Waals surface area (Å²) in [6, 6.07) is 7.96. The Labute approximate surface area is 100 Å². The van der Waals surface area contributed by atoms with Gasteiger partial charge in [0.05, 0.1) is 12.2 Å². The van der Waals surface area contributed by atoms with Crippen molar-refractivity contribution in [1.29, 1.82) is 0 Å². The van der Waals surface area contributed by atoms with Gasteiger partial charge in [0.1, 0.15) is 11.6 Å². The summed E-state index contributed by atoms with van der Waals surface area (Å²) in [7, 11) is 0. The standard InChI is InChI=1S/C13H15N3O/c1-2-9-7-15-13(16-9)12-8-14-10-5-3-4-6-11(10)17-12/h3-7,12,14H,2,8H2,1H3,(H,15,16). The van der Waals surface area contributed by atoms with E-state index >= 15 is 0 Å². The zero-order valence-corrected chi connectivity index (χ0v) is 9.73. The number of rotatable bonds is 2. The summed E-state index contributed by atoms with van der Waals surface area (Å²) in [6.07, 6.45) is 2.80. The van der Waals surface area contributed by atoms with Crippen molar-refractivity contribution in [3.05, 3.63) is 42.0 Å². The SMILES string of the molecule is CCc1cnc(C2CNc3ccccc3O2)[nH]1. The van der Waals surface area contributed by atoms with Crippen LogP contribution in [0.1, 0.15) is 24.5 Å². The van der Waals surface area contributed by atoms with Gasteiger partial charge in [0.2, 0.25) is 0 Å². The number of nitrogens with zero attached hydrogens (tertiary/aromatic N) is 1. The summed E-state index contributed by atoms with van der Waals surface area (Å²) in [6.45, 7) is 2.85. The third kappa shape index (κ3) is 1.86. The van der Waals surface area contributed by atoms with E-state index in [4.69, 9.17) is 4.74 Å². The van der Waals surface area contributed by atoms with Crippen LogP contribution < -0.4 is 10.1 Å². The molecular formula is C13H15N3O. The molecule has 1 aliphatic heterocycles. The normalized spacial score (nSPS) is 18.1. The third-order valence-corrected chi connectivity index (χ3v) is 2.97. The topological polar surface area (TPSA) is 49.9 Å². The molecule has 4 heteroatoms. The van der Waals surface area contributed by atoms with Crippen molar-refractivity contribution in [3.8, 4) is 5.75 Å². The van der Waals surface area contributed by atoms with Crippen LogP contribution in [0.25, 0.3) is 0 Å². The van der Waals surface area contributed by atoms with E-state index in [0.29, 0.717) is 0 Å². The minimum atomic E-state index is -0.0369. The van der Waals surface area contributed by atoms with Gasteiger partial charge in [-0.1, -0.05) is 19.1 Å². The molecule has 0 fully saturated rings. The van der Waals surface area contributed by atoms with Crippen LogP contribution in [0.5, 0.6) is 5.75 Å². The number of aromatic nitrogens is 2. The fourth-order valence-corrected chi connectivity index (χ4v) is 1.99. The second kappa shape index (κ2) is 4.13. The Bertz CT molecular complexity index is 521. The molecule has 0 saturated carbocycles. The number of para-hydroxylation sites is 2. The minimum absolute atomic E-state index is 0.0369. The summed E-state index contributed by atoms with van der Waals surface area (Å²) < 4.78 is 5.92. The van der Waals surface area contributed by atoms with Gasteiger partial charge in [-0.2, -0.15) is 0 Å². The van der Waals surface area contributed by atoms with Gasteiger partial charge in [0.25, 0.3) is 0 Å². The summed E-state index contributed by atoms with van der Waals surface area (Å²) in [5, 5.41) is 3.35. The molecule has 1 unspecified atom stereocenters. The summed E-state index contributed by atoms with van der Waals surface area (Å²) in [4.78, 5) is 7.65. The highest BCUT2D eigenvalue weighted by atomic mass is 16.5. The van der Waals surface area contributed by atoms with Gasteiger partial charge in [0, 0.05) is 11.9 Å². The lowest BCUT2D eigenvalue weighted by Crippen LogP contribution is -2.24. The maximum Gasteiger partial charge on any atom is 0.173 e. The number of imidazole rings is 1.